The van der Waals surface area contributed by atoms with Gasteiger partial charge in [0.2, 0.25) is 0 Å². The van der Waals surface area contributed by atoms with Crippen LogP contribution >= 0.6 is 11.3 Å². The molecule has 12 heavy (non-hydrogen) atoms. The van der Waals surface area contributed by atoms with E-state index in [9.17, 15) is 0 Å². The van der Waals surface area contributed by atoms with E-state index in [2.05, 4.69) is 18.4 Å². The van der Waals surface area contributed by atoms with Crippen LogP contribution in [0.3, 0.4) is 0 Å². The third kappa shape index (κ3) is 1.19. The molecule has 66 valence electrons. The fourth-order valence-electron chi connectivity index (χ4n) is 2.03. The molecule has 1 heterocycles. The van der Waals surface area contributed by atoms with Crippen LogP contribution in [0.1, 0.15) is 29.7 Å². The molecule has 0 spiro atoms. The number of hydrogen-bond donors (Lipinski definition) is 1. The molecule has 0 fully saturated rings. The van der Waals surface area contributed by atoms with Gasteiger partial charge in [-0.1, -0.05) is 6.92 Å². The van der Waals surface area contributed by atoms with Crippen LogP contribution in [0, 0.1) is 5.92 Å². The van der Waals surface area contributed by atoms with Gasteiger partial charge >= 0.3 is 0 Å². The van der Waals surface area contributed by atoms with E-state index in [4.69, 9.17) is 5.73 Å². The van der Waals surface area contributed by atoms with Crippen LogP contribution in [0.15, 0.2) is 11.4 Å². The van der Waals surface area contributed by atoms with Crippen LogP contribution in [0.2, 0.25) is 0 Å². The molecule has 2 unspecified atom stereocenters. The second kappa shape index (κ2) is 3.19. The van der Waals surface area contributed by atoms with E-state index < -0.39 is 0 Å². The maximum absolute atomic E-state index is 5.68. The summed E-state index contributed by atoms with van der Waals surface area (Å²) in [7, 11) is 0. The molecular weight excluding hydrogens is 166 g/mol. The van der Waals surface area contributed by atoms with E-state index >= 15 is 0 Å². The highest BCUT2D eigenvalue weighted by molar-refractivity contribution is 7.10. The summed E-state index contributed by atoms with van der Waals surface area (Å²) in [6.07, 6.45) is 2.59. The Kier molecular flexibility index (Phi) is 2.20. The minimum absolute atomic E-state index is 0.657. The molecule has 0 aromatic carbocycles. The smallest absolute Gasteiger partial charge is 0.0111 e. The van der Waals surface area contributed by atoms with Crippen LogP contribution in [0.5, 0.6) is 0 Å². The van der Waals surface area contributed by atoms with Gasteiger partial charge in [0, 0.05) is 4.88 Å². The number of thiophene rings is 1. The standard InChI is InChI=1S/C10H15NS/c1-7(6-11)9-3-2-8-4-5-12-10(8)9/h4-5,7,9H,2-3,6,11H2,1H3. The fraction of sp³-hybridized carbons (Fsp3) is 0.600. The Morgan fingerprint density at radius 2 is 2.58 bits per heavy atom. The second-order valence-electron chi connectivity index (χ2n) is 3.67. The average molecular weight is 181 g/mol. The van der Waals surface area contributed by atoms with Gasteiger partial charge in [-0.15, -0.1) is 11.3 Å². The van der Waals surface area contributed by atoms with Gasteiger partial charge < -0.3 is 5.73 Å². The predicted octanol–water partition coefficient (Wildman–Crippen LogP) is 2.37. The van der Waals surface area contributed by atoms with Gasteiger partial charge in [-0.2, -0.15) is 0 Å². The van der Waals surface area contributed by atoms with Crippen molar-refractivity contribution in [2.75, 3.05) is 6.54 Å². The summed E-state index contributed by atoms with van der Waals surface area (Å²) in [6, 6.07) is 2.27. The van der Waals surface area contributed by atoms with Crippen molar-refractivity contribution in [2.45, 2.75) is 25.7 Å². The van der Waals surface area contributed by atoms with Gasteiger partial charge in [0.1, 0.15) is 0 Å². The molecule has 2 atom stereocenters. The minimum atomic E-state index is 0.657. The van der Waals surface area contributed by atoms with Gasteiger partial charge in [0.15, 0.2) is 0 Å². The Bertz CT molecular complexity index is 267. The molecule has 1 aromatic heterocycles. The zero-order chi connectivity index (χ0) is 8.55. The first-order valence-electron chi connectivity index (χ1n) is 4.59. The first kappa shape index (κ1) is 8.27. The van der Waals surface area contributed by atoms with Crippen molar-refractivity contribution in [3.63, 3.8) is 0 Å². The molecule has 1 nitrogen and oxygen atoms in total. The summed E-state index contributed by atoms with van der Waals surface area (Å²) in [5.41, 5.74) is 7.26. The van der Waals surface area contributed by atoms with E-state index in [1.807, 2.05) is 11.3 Å². The summed E-state index contributed by atoms with van der Waals surface area (Å²) in [5, 5.41) is 2.21. The van der Waals surface area contributed by atoms with Crippen LogP contribution < -0.4 is 5.73 Å². The Morgan fingerprint density at radius 1 is 1.75 bits per heavy atom. The number of nitrogens with two attached hydrogens (primary N) is 1. The van der Waals surface area contributed by atoms with Gasteiger partial charge in [0.25, 0.3) is 0 Å². The van der Waals surface area contributed by atoms with Crippen LogP contribution in [0.4, 0.5) is 0 Å². The predicted molar refractivity (Wildman–Crippen MR) is 53.6 cm³/mol. The van der Waals surface area contributed by atoms with Gasteiger partial charge in [-0.25, -0.2) is 0 Å². The molecule has 0 radical (unpaired) electrons. The average Bonchev–Trinajstić information content (AvgIpc) is 2.62. The fourth-order valence-corrected chi connectivity index (χ4v) is 3.25. The van der Waals surface area contributed by atoms with Crippen LogP contribution in [-0.2, 0) is 6.42 Å². The normalized spacial score (nSPS) is 24.0. The van der Waals surface area contributed by atoms with Crippen molar-refractivity contribution >= 4 is 11.3 Å². The Labute approximate surface area is 77.6 Å². The van der Waals surface area contributed by atoms with Crippen molar-refractivity contribution < 1.29 is 0 Å². The van der Waals surface area contributed by atoms with Crippen molar-refractivity contribution in [3.8, 4) is 0 Å². The molecule has 0 amide bonds. The zero-order valence-electron chi connectivity index (χ0n) is 7.42. The number of rotatable bonds is 2. The monoisotopic (exact) mass is 181 g/mol. The van der Waals surface area contributed by atoms with E-state index in [1.165, 1.54) is 12.8 Å². The lowest BCUT2D eigenvalue weighted by Crippen LogP contribution is -2.16. The van der Waals surface area contributed by atoms with E-state index in [0.717, 1.165) is 12.5 Å². The molecule has 1 aromatic rings. The first-order chi connectivity index (χ1) is 5.83. The summed E-state index contributed by atoms with van der Waals surface area (Å²) >= 11 is 1.91. The van der Waals surface area contributed by atoms with Gasteiger partial charge in [-0.3, -0.25) is 0 Å². The van der Waals surface area contributed by atoms with E-state index in [0.29, 0.717) is 5.92 Å². The van der Waals surface area contributed by atoms with E-state index in [1.54, 1.807) is 10.4 Å². The highest BCUT2D eigenvalue weighted by Gasteiger charge is 2.27. The Balaban J connectivity index is 2.22. The first-order valence-corrected chi connectivity index (χ1v) is 5.47. The largest absolute Gasteiger partial charge is 0.330 e. The summed E-state index contributed by atoms with van der Waals surface area (Å²) < 4.78 is 0. The molecule has 0 saturated heterocycles. The summed E-state index contributed by atoms with van der Waals surface area (Å²) in [5.74, 6) is 1.41. The lowest BCUT2D eigenvalue weighted by molar-refractivity contribution is 0.470. The molecule has 0 saturated carbocycles. The molecule has 2 heteroatoms. The van der Waals surface area contributed by atoms with Crippen molar-refractivity contribution in [1.29, 1.82) is 0 Å². The topological polar surface area (TPSA) is 26.0 Å². The zero-order valence-corrected chi connectivity index (χ0v) is 8.23. The van der Waals surface area contributed by atoms with Crippen LogP contribution in [-0.4, -0.2) is 6.54 Å². The van der Waals surface area contributed by atoms with E-state index in [-0.39, 0.29) is 0 Å². The Hall–Kier alpha value is -0.340. The highest BCUT2D eigenvalue weighted by atomic mass is 32.1. The summed E-state index contributed by atoms with van der Waals surface area (Å²) in [6.45, 7) is 3.08. The highest BCUT2D eigenvalue weighted by Crippen LogP contribution is 2.41. The van der Waals surface area contributed by atoms with Crippen molar-refractivity contribution in [3.05, 3.63) is 21.9 Å². The third-order valence-electron chi connectivity index (χ3n) is 2.90. The molecule has 1 aliphatic carbocycles. The molecule has 0 bridgehead atoms. The van der Waals surface area contributed by atoms with Gasteiger partial charge in [-0.05, 0) is 48.2 Å². The summed E-state index contributed by atoms with van der Waals surface area (Å²) in [4.78, 5) is 1.60. The van der Waals surface area contributed by atoms with Crippen molar-refractivity contribution in [2.24, 2.45) is 11.7 Å². The Morgan fingerprint density at radius 3 is 3.33 bits per heavy atom. The second-order valence-corrected chi connectivity index (χ2v) is 4.62. The lowest BCUT2D eigenvalue weighted by atomic mass is 9.93. The lowest BCUT2D eigenvalue weighted by Gasteiger charge is -2.16. The minimum Gasteiger partial charge on any atom is -0.330 e. The van der Waals surface area contributed by atoms with Crippen molar-refractivity contribution in [1.82, 2.24) is 0 Å². The maximum Gasteiger partial charge on any atom is 0.0111 e. The number of aryl methyl sites for hydroxylation is 1. The molecule has 2 N–H and O–H groups in total. The number of hydrogen-bond acceptors (Lipinski definition) is 2. The molecule has 0 aliphatic heterocycles. The molecule has 2 rings (SSSR count). The van der Waals surface area contributed by atoms with Crippen LogP contribution in [0.25, 0.3) is 0 Å². The number of fused-ring (bicyclic) bond motifs is 1. The quantitative estimate of drug-likeness (QED) is 0.744. The van der Waals surface area contributed by atoms with Gasteiger partial charge in [0.05, 0.1) is 0 Å². The molecule has 1 aliphatic rings. The third-order valence-corrected chi connectivity index (χ3v) is 3.99. The maximum atomic E-state index is 5.68. The SMILES string of the molecule is CC(CN)C1CCc2ccsc21. The molecular formula is C10H15NS.